The largest absolute Gasteiger partial charge is 0.494 e. The van der Waals surface area contributed by atoms with Crippen LogP contribution >= 0.6 is 11.6 Å². The molecule has 2 aromatic rings. The van der Waals surface area contributed by atoms with Crippen LogP contribution in [0.25, 0.3) is 0 Å². The predicted molar refractivity (Wildman–Crippen MR) is 133 cm³/mol. The normalized spacial score (nSPS) is 15.4. The van der Waals surface area contributed by atoms with Gasteiger partial charge in [-0.2, -0.15) is 0 Å². The SMILES string of the molecule is Cc1cc(OCCCC2CCN(c3ncc(Cl)cn3)CC2)cc(C)c1C(=O)N[C@@H](C)CCN. The van der Waals surface area contributed by atoms with Crippen molar-refractivity contribution in [2.45, 2.75) is 58.9 Å². The molecule has 1 aliphatic rings. The topological polar surface area (TPSA) is 93.4 Å². The van der Waals surface area contributed by atoms with Gasteiger partial charge in [0.05, 0.1) is 24.0 Å². The van der Waals surface area contributed by atoms with Gasteiger partial charge in [-0.1, -0.05) is 11.6 Å². The van der Waals surface area contributed by atoms with Crippen molar-refractivity contribution < 1.29 is 9.53 Å². The highest BCUT2D eigenvalue weighted by Crippen LogP contribution is 2.26. The number of nitrogens with two attached hydrogens (primary N) is 1. The molecule has 180 valence electrons. The van der Waals surface area contributed by atoms with Crippen LogP contribution in [0.1, 0.15) is 60.5 Å². The lowest BCUT2D eigenvalue weighted by Crippen LogP contribution is -2.35. The summed E-state index contributed by atoms with van der Waals surface area (Å²) in [6.07, 6.45) is 8.49. The first kappa shape index (κ1) is 25.2. The number of halogens is 1. The zero-order valence-electron chi connectivity index (χ0n) is 19.9. The van der Waals surface area contributed by atoms with Crippen LogP contribution in [-0.4, -0.2) is 48.2 Å². The smallest absolute Gasteiger partial charge is 0.252 e. The van der Waals surface area contributed by atoms with Crippen LogP contribution in [-0.2, 0) is 0 Å². The lowest BCUT2D eigenvalue weighted by Gasteiger charge is -2.32. The highest BCUT2D eigenvalue weighted by Gasteiger charge is 2.21. The summed E-state index contributed by atoms with van der Waals surface area (Å²) in [5.74, 6) is 2.24. The maximum Gasteiger partial charge on any atom is 0.252 e. The Morgan fingerprint density at radius 1 is 1.24 bits per heavy atom. The number of hydrogen-bond donors (Lipinski definition) is 2. The quantitative estimate of drug-likeness (QED) is 0.500. The Morgan fingerprint density at radius 3 is 2.48 bits per heavy atom. The molecule has 0 unspecified atom stereocenters. The first-order valence-electron chi connectivity index (χ1n) is 11.8. The van der Waals surface area contributed by atoms with Crippen LogP contribution in [0.2, 0.25) is 5.02 Å². The molecule has 0 spiro atoms. The number of nitrogens with zero attached hydrogens (tertiary/aromatic N) is 3. The van der Waals surface area contributed by atoms with Crippen molar-refractivity contribution >= 4 is 23.5 Å². The van der Waals surface area contributed by atoms with Gasteiger partial charge in [-0.15, -0.1) is 0 Å². The molecule has 3 N–H and O–H groups in total. The van der Waals surface area contributed by atoms with E-state index < -0.39 is 0 Å². The fourth-order valence-corrected chi connectivity index (χ4v) is 4.53. The van der Waals surface area contributed by atoms with Crippen molar-refractivity contribution in [1.29, 1.82) is 0 Å². The third kappa shape index (κ3) is 7.30. The summed E-state index contributed by atoms with van der Waals surface area (Å²) in [7, 11) is 0. The molecule has 0 radical (unpaired) electrons. The molecule has 0 aliphatic carbocycles. The van der Waals surface area contributed by atoms with Gasteiger partial charge in [-0.3, -0.25) is 4.79 Å². The van der Waals surface area contributed by atoms with Crippen LogP contribution in [0.3, 0.4) is 0 Å². The van der Waals surface area contributed by atoms with Gasteiger partial charge in [0.15, 0.2) is 0 Å². The number of hydrogen-bond acceptors (Lipinski definition) is 6. The van der Waals surface area contributed by atoms with E-state index in [0.717, 1.165) is 73.6 Å². The number of benzene rings is 1. The molecule has 2 heterocycles. The second-order valence-electron chi connectivity index (χ2n) is 9.01. The third-order valence-electron chi connectivity index (χ3n) is 6.24. The maximum atomic E-state index is 12.6. The number of carbonyl (C=O) groups is 1. The molecule has 3 rings (SSSR count). The summed E-state index contributed by atoms with van der Waals surface area (Å²) < 4.78 is 6.02. The standard InChI is InChI=1S/C25H36ClN5O2/c1-17-13-22(14-18(2)23(17)24(32)30-19(3)6-9-27)33-12-4-5-20-7-10-31(11-8-20)25-28-15-21(26)16-29-25/h13-16,19-20H,4-12,27H2,1-3H3,(H,30,32)/t19-/m0/s1. The molecule has 1 aromatic heterocycles. The molecule has 1 fully saturated rings. The van der Waals surface area contributed by atoms with E-state index in [1.165, 1.54) is 0 Å². The lowest BCUT2D eigenvalue weighted by atomic mass is 9.92. The van der Waals surface area contributed by atoms with Crippen molar-refractivity contribution in [3.63, 3.8) is 0 Å². The van der Waals surface area contributed by atoms with Crippen LogP contribution in [0, 0.1) is 19.8 Å². The first-order valence-corrected chi connectivity index (χ1v) is 12.2. The molecule has 1 saturated heterocycles. The van der Waals surface area contributed by atoms with Gasteiger partial charge in [0.1, 0.15) is 5.75 Å². The minimum absolute atomic E-state index is 0.0483. The number of nitrogens with one attached hydrogen (secondary N) is 1. The molecular formula is C25H36ClN5O2. The Balaban J connectivity index is 1.42. The molecule has 33 heavy (non-hydrogen) atoms. The first-order chi connectivity index (χ1) is 15.9. The van der Waals surface area contributed by atoms with E-state index in [-0.39, 0.29) is 11.9 Å². The van der Waals surface area contributed by atoms with E-state index >= 15 is 0 Å². The number of piperidine rings is 1. The van der Waals surface area contributed by atoms with Gasteiger partial charge in [-0.25, -0.2) is 9.97 Å². The summed E-state index contributed by atoms with van der Waals surface area (Å²) in [5, 5.41) is 3.59. The predicted octanol–water partition coefficient (Wildman–Crippen LogP) is 4.29. The molecule has 8 heteroatoms. The molecule has 1 atom stereocenters. The summed E-state index contributed by atoms with van der Waals surface area (Å²) in [6, 6.07) is 3.98. The van der Waals surface area contributed by atoms with Crippen LogP contribution < -0.4 is 20.7 Å². The number of amides is 1. The lowest BCUT2D eigenvalue weighted by molar-refractivity contribution is 0.0937. The molecule has 1 aliphatic heterocycles. The van der Waals surface area contributed by atoms with Crippen LogP contribution in [0.15, 0.2) is 24.5 Å². The Morgan fingerprint density at radius 2 is 1.88 bits per heavy atom. The van der Waals surface area contributed by atoms with Crippen molar-refractivity contribution in [3.05, 3.63) is 46.2 Å². The summed E-state index contributed by atoms with van der Waals surface area (Å²) in [6.45, 7) is 9.07. The van der Waals surface area contributed by atoms with E-state index in [2.05, 4.69) is 20.2 Å². The van der Waals surface area contributed by atoms with Crippen molar-refractivity contribution in [3.8, 4) is 5.75 Å². The average molecular weight is 474 g/mol. The van der Waals surface area contributed by atoms with E-state index in [1.54, 1.807) is 12.4 Å². The van der Waals surface area contributed by atoms with E-state index in [9.17, 15) is 4.79 Å². The highest BCUT2D eigenvalue weighted by molar-refractivity contribution is 6.30. The summed E-state index contributed by atoms with van der Waals surface area (Å²) in [5.41, 5.74) is 8.17. The fourth-order valence-electron chi connectivity index (χ4n) is 4.44. The molecule has 0 bridgehead atoms. The summed E-state index contributed by atoms with van der Waals surface area (Å²) in [4.78, 5) is 23.5. The highest BCUT2D eigenvalue weighted by atomic mass is 35.5. The number of ether oxygens (including phenoxy) is 1. The zero-order chi connectivity index (χ0) is 23.8. The number of anilines is 1. The Labute approximate surface area is 202 Å². The fraction of sp³-hybridized carbons (Fsp3) is 0.560. The molecule has 1 aromatic carbocycles. The van der Waals surface area contributed by atoms with Gasteiger partial charge in [0.25, 0.3) is 5.91 Å². The third-order valence-corrected chi connectivity index (χ3v) is 6.44. The second kappa shape index (κ2) is 12.2. The van der Waals surface area contributed by atoms with Gasteiger partial charge in [0.2, 0.25) is 5.95 Å². The van der Waals surface area contributed by atoms with Gasteiger partial charge in [0, 0.05) is 24.7 Å². The molecule has 0 saturated carbocycles. The number of carbonyl (C=O) groups excluding carboxylic acids is 1. The van der Waals surface area contributed by atoms with Gasteiger partial charge < -0.3 is 20.7 Å². The van der Waals surface area contributed by atoms with Gasteiger partial charge >= 0.3 is 0 Å². The maximum absolute atomic E-state index is 12.6. The minimum Gasteiger partial charge on any atom is -0.494 e. The number of rotatable bonds is 10. The van der Waals surface area contributed by atoms with Crippen molar-refractivity contribution in [2.75, 3.05) is 31.1 Å². The minimum atomic E-state index is -0.0483. The Hall–Kier alpha value is -2.38. The Bertz CT molecular complexity index is 891. The van der Waals surface area contributed by atoms with Crippen molar-refractivity contribution in [2.24, 2.45) is 11.7 Å². The second-order valence-corrected chi connectivity index (χ2v) is 9.44. The van der Waals surface area contributed by atoms with Crippen molar-refractivity contribution in [1.82, 2.24) is 15.3 Å². The molecule has 1 amide bonds. The number of aromatic nitrogens is 2. The van der Waals surface area contributed by atoms with E-state index in [0.29, 0.717) is 24.1 Å². The van der Waals surface area contributed by atoms with Gasteiger partial charge in [-0.05, 0) is 88.6 Å². The molecular weight excluding hydrogens is 438 g/mol. The monoisotopic (exact) mass is 473 g/mol. The average Bonchev–Trinajstić information content (AvgIpc) is 2.77. The molecule has 7 nitrogen and oxygen atoms in total. The van der Waals surface area contributed by atoms with E-state index in [4.69, 9.17) is 22.1 Å². The van der Waals surface area contributed by atoms with E-state index in [1.807, 2.05) is 32.9 Å². The summed E-state index contributed by atoms with van der Waals surface area (Å²) >= 11 is 5.88. The number of aryl methyl sites for hydroxylation is 2. The Kier molecular flexibility index (Phi) is 9.32. The van der Waals surface area contributed by atoms with Crippen LogP contribution in [0.4, 0.5) is 5.95 Å². The zero-order valence-corrected chi connectivity index (χ0v) is 20.7. The van der Waals surface area contributed by atoms with Crippen LogP contribution in [0.5, 0.6) is 5.75 Å².